The molecule has 0 saturated carbocycles. The van der Waals surface area contributed by atoms with Crippen LogP contribution in [0, 0.1) is 5.92 Å². The predicted molar refractivity (Wildman–Crippen MR) is 105 cm³/mol. The Morgan fingerprint density at radius 1 is 1.23 bits per heavy atom. The van der Waals surface area contributed by atoms with Gasteiger partial charge in [-0.25, -0.2) is 0 Å². The molecule has 0 unspecified atom stereocenters. The first-order valence-electron chi connectivity index (χ1n) is 9.32. The van der Waals surface area contributed by atoms with Crippen molar-refractivity contribution in [2.24, 2.45) is 5.92 Å². The molecule has 5 heteroatoms. The molecule has 1 N–H and O–H groups in total. The van der Waals surface area contributed by atoms with E-state index in [2.05, 4.69) is 42.1 Å². The fourth-order valence-electron chi connectivity index (χ4n) is 3.29. The number of carbonyl (C=O) groups is 1. The highest BCUT2D eigenvalue weighted by Crippen LogP contribution is 2.24. The molecule has 5 nitrogen and oxygen atoms in total. The Labute approximate surface area is 155 Å². The average molecular weight is 352 g/mol. The van der Waals surface area contributed by atoms with Crippen LogP contribution in [0.2, 0.25) is 0 Å². The number of fused-ring (bicyclic) bond motifs is 1. The number of aromatic nitrogens is 3. The Kier molecular flexibility index (Phi) is 5.16. The minimum absolute atomic E-state index is 0.000474. The van der Waals surface area contributed by atoms with E-state index in [-0.39, 0.29) is 11.9 Å². The van der Waals surface area contributed by atoms with Crippen molar-refractivity contribution in [2.45, 2.75) is 46.7 Å². The van der Waals surface area contributed by atoms with Crippen molar-refractivity contribution in [1.29, 1.82) is 0 Å². The SMILES string of the molecule is CCn1nc(CC(C)C)cc1C(=O)N(C)[C@@H](C)c1cc2ccccc2[nH]1. The fraction of sp³-hybridized carbons (Fsp3) is 0.429. The van der Waals surface area contributed by atoms with Gasteiger partial charge in [-0.15, -0.1) is 0 Å². The van der Waals surface area contributed by atoms with Crippen molar-refractivity contribution in [1.82, 2.24) is 19.7 Å². The van der Waals surface area contributed by atoms with Crippen molar-refractivity contribution in [3.8, 4) is 0 Å². The van der Waals surface area contributed by atoms with E-state index >= 15 is 0 Å². The normalized spacial score (nSPS) is 12.7. The van der Waals surface area contributed by atoms with Gasteiger partial charge in [0.25, 0.3) is 5.91 Å². The Hall–Kier alpha value is -2.56. The van der Waals surface area contributed by atoms with Gasteiger partial charge >= 0.3 is 0 Å². The van der Waals surface area contributed by atoms with E-state index in [0.717, 1.165) is 28.7 Å². The number of H-pyrrole nitrogens is 1. The molecule has 0 bridgehead atoms. The maximum Gasteiger partial charge on any atom is 0.272 e. The smallest absolute Gasteiger partial charge is 0.272 e. The number of nitrogens with zero attached hydrogens (tertiary/aromatic N) is 3. The number of nitrogens with one attached hydrogen (secondary N) is 1. The maximum absolute atomic E-state index is 13.1. The molecule has 0 spiro atoms. The molecule has 0 saturated heterocycles. The van der Waals surface area contributed by atoms with Gasteiger partial charge in [-0.1, -0.05) is 32.0 Å². The van der Waals surface area contributed by atoms with Crippen molar-refractivity contribution >= 4 is 16.8 Å². The molecular weight excluding hydrogens is 324 g/mol. The lowest BCUT2D eigenvalue weighted by Gasteiger charge is -2.24. The molecule has 2 heterocycles. The van der Waals surface area contributed by atoms with E-state index in [1.54, 1.807) is 4.90 Å². The Balaban J connectivity index is 1.85. The average Bonchev–Trinajstić information content (AvgIpc) is 3.22. The minimum atomic E-state index is -0.0522. The molecule has 26 heavy (non-hydrogen) atoms. The van der Waals surface area contributed by atoms with E-state index in [4.69, 9.17) is 0 Å². The number of benzene rings is 1. The van der Waals surface area contributed by atoms with Crippen LogP contribution in [-0.4, -0.2) is 32.6 Å². The number of aryl methyl sites for hydroxylation is 1. The van der Waals surface area contributed by atoms with Gasteiger partial charge in [0.05, 0.1) is 11.7 Å². The summed E-state index contributed by atoms with van der Waals surface area (Å²) in [6.07, 6.45) is 0.883. The van der Waals surface area contributed by atoms with Crippen molar-refractivity contribution in [2.75, 3.05) is 7.05 Å². The van der Waals surface area contributed by atoms with E-state index in [9.17, 15) is 4.79 Å². The standard InChI is InChI=1S/C21H28N4O/c1-6-25-20(13-17(23-25)11-14(2)3)21(26)24(5)15(4)19-12-16-9-7-8-10-18(16)22-19/h7-10,12-15,22H,6,11H2,1-5H3/t15-/m0/s1. The molecule has 1 atom stereocenters. The van der Waals surface area contributed by atoms with E-state index in [1.807, 2.05) is 43.8 Å². The second-order valence-corrected chi connectivity index (χ2v) is 7.34. The Morgan fingerprint density at radius 2 is 1.96 bits per heavy atom. The molecule has 0 aliphatic heterocycles. The highest BCUT2D eigenvalue weighted by molar-refractivity contribution is 5.93. The van der Waals surface area contributed by atoms with Crippen LogP contribution >= 0.6 is 0 Å². The summed E-state index contributed by atoms with van der Waals surface area (Å²) >= 11 is 0. The summed E-state index contributed by atoms with van der Waals surface area (Å²) in [6, 6.07) is 12.2. The molecule has 1 amide bonds. The Bertz CT molecular complexity index is 873. The number of hydrogen-bond acceptors (Lipinski definition) is 2. The highest BCUT2D eigenvalue weighted by Gasteiger charge is 2.24. The third kappa shape index (κ3) is 3.52. The van der Waals surface area contributed by atoms with Gasteiger partial charge in [-0.3, -0.25) is 9.48 Å². The minimum Gasteiger partial charge on any atom is -0.357 e. The topological polar surface area (TPSA) is 53.9 Å². The molecule has 138 valence electrons. The van der Waals surface area contributed by atoms with Gasteiger partial charge in [0, 0.05) is 24.8 Å². The lowest BCUT2D eigenvalue weighted by atomic mass is 10.1. The molecule has 0 radical (unpaired) electrons. The summed E-state index contributed by atoms with van der Waals surface area (Å²) in [5.41, 5.74) is 3.77. The van der Waals surface area contributed by atoms with Crippen LogP contribution in [0.25, 0.3) is 10.9 Å². The predicted octanol–water partition coefficient (Wildman–Crippen LogP) is 4.42. The van der Waals surface area contributed by atoms with Gasteiger partial charge in [-0.2, -0.15) is 5.10 Å². The first-order chi connectivity index (χ1) is 12.4. The van der Waals surface area contributed by atoms with E-state index in [0.29, 0.717) is 18.2 Å². The lowest BCUT2D eigenvalue weighted by Crippen LogP contribution is -2.31. The summed E-state index contributed by atoms with van der Waals surface area (Å²) in [5.74, 6) is 0.515. The summed E-state index contributed by atoms with van der Waals surface area (Å²) in [5, 5.41) is 5.76. The van der Waals surface area contributed by atoms with Gasteiger partial charge < -0.3 is 9.88 Å². The third-order valence-electron chi connectivity index (χ3n) is 4.87. The molecule has 3 aromatic rings. The summed E-state index contributed by atoms with van der Waals surface area (Å²) in [6.45, 7) is 9.08. The van der Waals surface area contributed by atoms with Crippen molar-refractivity contribution in [3.63, 3.8) is 0 Å². The van der Waals surface area contributed by atoms with Crippen LogP contribution in [0.5, 0.6) is 0 Å². The van der Waals surface area contributed by atoms with Crippen LogP contribution in [0.3, 0.4) is 0 Å². The van der Waals surface area contributed by atoms with Gasteiger partial charge in [0.15, 0.2) is 0 Å². The second-order valence-electron chi connectivity index (χ2n) is 7.34. The summed E-state index contributed by atoms with van der Waals surface area (Å²) in [4.78, 5) is 18.3. The number of rotatable bonds is 6. The van der Waals surface area contributed by atoms with E-state index < -0.39 is 0 Å². The Morgan fingerprint density at radius 3 is 2.62 bits per heavy atom. The first kappa shape index (κ1) is 18.2. The zero-order valence-electron chi connectivity index (χ0n) is 16.3. The molecule has 1 aromatic carbocycles. The quantitative estimate of drug-likeness (QED) is 0.714. The number of aromatic amines is 1. The first-order valence-corrected chi connectivity index (χ1v) is 9.32. The van der Waals surface area contributed by atoms with Gasteiger partial charge in [0.1, 0.15) is 5.69 Å². The number of carbonyl (C=O) groups excluding carboxylic acids is 1. The zero-order valence-corrected chi connectivity index (χ0v) is 16.3. The van der Waals surface area contributed by atoms with Gasteiger partial charge in [0.2, 0.25) is 0 Å². The molecular formula is C21H28N4O. The van der Waals surface area contributed by atoms with Gasteiger partial charge in [-0.05, 0) is 49.8 Å². The summed E-state index contributed by atoms with van der Waals surface area (Å²) < 4.78 is 1.81. The number of para-hydroxylation sites is 1. The zero-order chi connectivity index (χ0) is 18.8. The van der Waals surface area contributed by atoms with Crippen LogP contribution in [0.1, 0.15) is 55.6 Å². The molecule has 0 fully saturated rings. The molecule has 0 aliphatic rings. The number of hydrogen-bond donors (Lipinski definition) is 1. The van der Waals surface area contributed by atoms with Crippen molar-refractivity contribution < 1.29 is 4.79 Å². The van der Waals surface area contributed by atoms with Crippen LogP contribution < -0.4 is 0 Å². The fourth-order valence-corrected chi connectivity index (χ4v) is 3.29. The maximum atomic E-state index is 13.1. The van der Waals surface area contributed by atoms with Crippen LogP contribution in [0.15, 0.2) is 36.4 Å². The summed E-state index contributed by atoms with van der Waals surface area (Å²) in [7, 11) is 1.85. The highest BCUT2D eigenvalue weighted by atomic mass is 16.2. The molecule has 0 aliphatic carbocycles. The molecule has 3 rings (SSSR count). The molecule has 2 aromatic heterocycles. The third-order valence-corrected chi connectivity index (χ3v) is 4.87. The largest absolute Gasteiger partial charge is 0.357 e. The number of amides is 1. The van der Waals surface area contributed by atoms with Crippen molar-refractivity contribution in [3.05, 3.63) is 53.5 Å². The second kappa shape index (κ2) is 7.36. The van der Waals surface area contributed by atoms with Crippen LogP contribution in [0.4, 0.5) is 0 Å². The van der Waals surface area contributed by atoms with E-state index in [1.165, 1.54) is 0 Å². The monoisotopic (exact) mass is 352 g/mol. The lowest BCUT2D eigenvalue weighted by molar-refractivity contribution is 0.0727. The van der Waals surface area contributed by atoms with Crippen LogP contribution in [-0.2, 0) is 13.0 Å².